The first-order valence-corrected chi connectivity index (χ1v) is 4.55. The lowest BCUT2D eigenvalue weighted by molar-refractivity contribution is 0.626. The van der Waals surface area contributed by atoms with Crippen LogP contribution in [0.15, 0.2) is 42.7 Å². The van der Waals surface area contributed by atoms with Crippen molar-refractivity contribution in [1.29, 1.82) is 0 Å². The maximum absolute atomic E-state index is 12.7. The first kappa shape index (κ1) is 9.73. The van der Waals surface area contributed by atoms with Gasteiger partial charge in [0.05, 0.1) is 6.04 Å². The molecular formula is C11H10FN3. The number of halogens is 1. The van der Waals surface area contributed by atoms with Crippen LogP contribution in [0.5, 0.6) is 0 Å². The van der Waals surface area contributed by atoms with Gasteiger partial charge in [0.25, 0.3) is 0 Å². The number of nitrogens with zero attached hydrogens (tertiary/aromatic N) is 2. The van der Waals surface area contributed by atoms with E-state index in [-0.39, 0.29) is 5.82 Å². The van der Waals surface area contributed by atoms with E-state index in [1.165, 1.54) is 12.1 Å². The fourth-order valence-corrected chi connectivity index (χ4v) is 1.29. The molecule has 0 saturated carbocycles. The Kier molecular flexibility index (Phi) is 2.69. The second-order valence-corrected chi connectivity index (χ2v) is 3.14. The molecule has 0 saturated heterocycles. The van der Waals surface area contributed by atoms with Gasteiger partial charge in [0.2, 0.25) is 0 Å². The molecule has 2 N–H and O–H groups in total. The molecule has 15 heavy (non-hydrogen) atoms. The predicted molar refractivity (Wildman–Crippen MR) is 54.5 cm³/mol. The molecule has 0 radical (unpaired) electrons. The zero-order valence-electron chi connectivity index (χ0n) is 7.97. The molecule has 2 rings (SSSR count). The fourth-order valence-electron chi connectivity index (χ4n) is 1.29. The van der Waals surface area contributed by atoms with Crippen LogP contribution in [0.4, 0.5) is 4.39 Å². The van der Waals surface area contributed by atoms with Gasteiger partial charge in [-0.15, -0.1) is 0 Å². The minimum absolute atomic E-state index is 0.278. The van der Waals surface area contributed by atoms with E-state index in [2.05, 4.69) is 9.97 Å². The second kappa shape index (κ2) is 4.14. The summed E-state index contributed by atoms with van der Waals surface area (Å²) in [5, 5.41) is 0. The molecule has 0 aliphatic carbocycles. The van der Waals surface area contributed by atoms with Crippen LogP contribution >= 0.6 is 0 Å². The van der Waals surface area contributed by atoms with Crippen LogP contribution in [0.1, 0.15) is 17.4 Å². The lowest BCUT2D eigenvalue weighted by Crippen LogP contribution is -2.14. The molecule has 4 heteroatoms. The van der Waals surface area contributed by atoms with Crippen molar-refractivity contribution >= 4 is 0 Å². The van der Waals surface area contributed by atoms with Crippen LogP contribution in [0.2, 0.25) is 0 Å². The largest absolute Gasteiger partial charge is 0.318 e. The average Bonchev–Trinajstić information content (AvgIpc) is 2.30. The Morgan fingerprint density at radius 2 is 1.67 bits per heavy atom. The Balaban J connectivity index is 2.29. The normalized spacial score (nSPS) is 12.4. The lowest BCUT2D eigenvalue weighted by atomic mass is 10.1. The predicted octanol–water partition coefficient (Wildman–Crippen LogP) is 1.66. The summed E-state index contributed by atoms with van der Waals surface area (Å²) < 4.78 is 12.7. The zero-order chi connectivity index (χ0) is 10.7. The Morgan fingerprint density at radius 3 is 2.27 bits per heavy atom. The minimum atomic E-state index is -0.410. The second-order valence-electron chi connectivity index (χ2n) is 3.14. The smallest absolute Gasteiger partial charge is 0.149 e. The summed E-state index contributed by atoms with van der Waals surface area (Å²) in [6.45, 7) is 0. The summed E-state index contributed by atoms with van der Waals surface area (Å²) in [6.07, 6.45) is 3.26. The fraction of sp³-hybridized carbons (Fsp3) is 0.0909. The van der Waals surface area contributed by atoms with E-state index in [0.29, 0.717) is 5.82 Å². The van der Waals surface area contributed by atoms with E-state index < -0.39 is 6.04 Å². The lowest BCUT2D eigenvalue weighted by Gasteiger charge is -2.09. The molecule has 0 spiro atoms. The van der Waals surface area contributed by atoms with Crippen molar-refractivity contribution in [2.45, 2.75) is 6.04 Å². The molecule has 0 bridgehead atoms. The van der Waals surface area contributed by atoms with E-state index in [9.17, 15) is 4.39 Å². The van der Waals surface area contributed by atoms with Crippen LogP contribution < -0.4 is 5.73 Å². The topological polar surface area (TPSA) is 51.8 Å². The molecule has 76 valence electrons. The molecule has 0 aliphatic heterocycles. The van der Waals surface area contributed by atoms with Crippen molar-refractivity contribution in [2.24, 2.45) is 5.73 Å². The van der Waals surface area contributed by atoms with Gasteiger partial charge in [0, 0.05) is 12.4 Å². The first-order valence-electron chi connectivity index (χ1n) is 4.55. The van der Waals surface area contributed by atoms with Gasteiger partial charge in [0.1, 0.15) is 11.6 Å². The highest BCUT2D eigenvalue weighted by atomic mass is 19.1. The average molecular weight is 203 g/mol. The summed E-state index contributed by atoms with van der Waals surface area (Å²) in [7, 11) is 0. The maximum atomic E-state index is 12.7. The van der Waals surface area contributed by atoms with Gasteiger partial charge >= 0.3 is 0 Å². The van der Waals surface area contributed by atoms with Crippen molar-refractivity contribution in [3.63, 3.8) is 0 Å². The standard InChI is InChI=1S/C11H10FN3/c12-9-4-2-8(3-5-9)10(13)11-14-6-1-7-15-11/h1-7,10H,13H2/t10-/m0/s1. The van der Waals surface area contributed by atoms with Crippen molar-refractivity contribution in [3.8, 4) is 0 Å². The molecule has 1 heterocycles. The molecule has 0 aliphatic rings. The highest BCUT2D eigenvalue weighted by molar-refractivity contribution is 5.24. The molecule has 0 unspecified atom stereocenters. The molecule has 0 amide bonds. The Hall–Kier alpha value is -1.81. The third kappa shape index (κ3) is 2.16. The first-order chi connectivity index (χ1) is 7.27. The van der Waals surface area contributed by atoms with Gasteiger partial charge in [0.15, 0.2) is 0 Å². The number of rotatable bonds is 2. The van der Waals surface area contributed by atoms with Crippen molar-refractivity contribution in [3.05, 3.63) is 59.9 Å². The van der Waals surface area contributed by atoms with Crippen molar-refractivity contribution in [2.75, 3.05) is 0 Å². The number of benzene rings is 1. The Morgan fingerprint density at radius 1 is 1.07 bits per heavy atom. The van der Waals surface area contributed by atoms with Crippen LogP contribution in [0.25, 0.3) is 0 Å². The van der Waals surface area contributed by atoms with Gasteiger partial charge in [-0.05, 0) is 23.8 Å². The van der Waals surface area contributed by atoms with Crippen LogP contribution in [0, 0.1) is 5.82 Å². The Bertz CT molecular complexity index is 427. The van der Waals surface area contributed by atoms with Crippen LogP contribution in [-0.4, -0.2) is 9.97 Å². The summed E-state index contributed by atoms with van der Waals surface area (Å²) >= 11 is 0. The molecular weight excluding hydrogens is 193 g/mol. The van der Waals surface area contributed by atoms with Crippen molar-refractivity contribution in [1.82, 2.24) is 9.97 Å². The van der Waals surface area contributed by atoms with Crippen molar-refractivity contribution < 1.29 is 4.39 Å². The third-order valence-corrected chi connectivity index (χ3v) is 2.09. The Labute approximate surface area is 86.8 Å². The SMILES string of the molecule is N[C@@H](c1ccc(F)cc1)c1ncccn1. The van der Waals surface area contributed by atoms with E-state index in [4.69, 9.17) is 5.73 Å². The van der Waals surface area contributed by atoms with Gasteiger partial charge in [-0.25, -0.2) is 14.4 Å². The number of nitrogens with two attached hydrogens (primary N) is 1. The summed E-state index contributed by atoms with van der Waals surface area (Å²) in [5.74, 6) is 0.254. The van der Waals surface area contributed by atoms with Crippen LogP contribution in [0.3, 0.4) is 0 Å². The molecule has 3 nitrogen and oxygen atoms in total. The quantitative estimate of drug-likeness (QED) is 0.807. The molecule has 1 aromatic carbocycles. The van der Waals surface area contributed by atoms with E-state index in [0.717, 1.165) is 5.56 Å². The van der Waals surface area contributed by atoms with E-state index >= 15 is 0 Å². The summed E-state index contributed by atoms with van der Waals surface area (Å²) in [4.78, 5) is 8.10. The molecule has 0 fully saturated rings. The number of hydrogen-bond acceptors (Lipinski definition) is 3. The highest BCUT2D eigenvalue weighted by Gasteiger charge is 2.10. The molecule has 2 aromatic rings. The van der Waals surface area contributed by atoms with Gasteiger partial charge in [-0.1, -0.05) is 12.1 Å². The monoisotopic (exact) mass is 203 g/mol. The number of hydrogen-bond donors (Lipinski definition) is 1. The highest BCUT2D eigenvalue weighted by Crippen LogP contribution is 2.15. The molecule has 1 aromatic heterocycles. The zero-order valence-corrected chi connectivity index (χ0v) is 7.97. The van der Waals surface area contributed by atoms with Crippen LogP contribution in [-0.2, 0) is 0 Å². The van der Waals surface area contributed by atoms with Gasteiger partial charge < -0.3 is 5.73 Å². The summed E-state index contributed by atoms with van der Waals surface area (Å²) in [5.41, 5.74) is 6.71. The minimum Gasteiger partial charge on any atom is -0.318 e. The third-order valence-electron chi connectivity index (χ3n) is 2.09. The van der Waals surface area contributed by atoms with Gasteiger partial charge in [-0.3, -0.25) is 0 Å². The number of aromatic nitrogens is 2. The van der Waals surface area contributed by atoms with E-state index in [1.807, 2.05) is 0 Å². The van der Waals surface area contributed by atoms with Gasteiger partial charge in [-0.2, -0.15) is 0 Å². The molecule has 1 atom stereocenters. The maximum Gasteiger partial charge on any atom is 0.149 e. The summed E-state index contributed by atoms with van der Waals surface area (Å²) in [6, 6.07) is 7.33. The van der Waals surface area contributed by atoms with E-state index in [1.54, 1.807) is 30.6 Å².